The number of hydrogen-bond donors (Lipinski definition) is 3. The maximum atomic E-state index is 12.1. The largest absolute Gasteiger partial charge is 0.393 e. The van der Waals surface area contributed by atoms with Gasteiger partial charge in [0.05, 0.1) is 18.8 Å². The lowest BCUT2D eigenvalue weighted by Gasteiger charge is -2.17. The lowest BCUT2D eigenvalue weighted by atomic mass is 10.1. The van der Waals surface area contributed by atoms with Gasteiger partial charge in [-0.3, -0.25) is 0 Å². The normalized spacial score (nSPS) is 20.7. The Kier molecular flexibility index (Phi) is 6.42. The molecule has 1 aromatic rings. The molecule has 1 aliphatic rings. The van der Waals surface area contributed by atoms with Crippen LogP contribution in [0.3, 0.4) is 0 Å². The van der Waals surface area contributed by atoms with Crippen LogP contribution in [0.2, 0.25) is 0 Å². The number of benzene rings is 1. The monoisotopic (exact) mass is 320 g/mol. The molecule has 1 saturated carbocycles. The summed E-state index contributed by atoms with van der Waals surface area (Å²) in [5, 5.41) is 15.5. The topological polar surface area (TPSA) is 70.6 Å². The third-order valence-corrected chi connectivity index (χ3v) is 4.41. The van der Waals surface area contributed by atoms with Crippen LogP contribution in [0, 0.1) is 12.8 Å². The molecular weight excluding hydrogens is 292 g/mol. The van der Waals surface area contributed by atoms with Gasteiger partial charge in [-0.15, -0.1) is 0 Å². The van der Waals surface area contributed by atoms with E-state index >= 15 is 0 Å². The van der Waals surface area contributed by atoms with Gasteiger partial charge in [-0.2, -0.15) is 0 Å². The highest BCUT2D eigenvalue weighted by molar-refractivity contribution is 5.90. The van der Waals surface area contributed by atoms with Crippen LogP contribution in [-0.4, -0.2) is 29.9 Å². The molecule has 1 fully saturated rings. The molecule has 2 rings (SSSR count). The van der Waals surface area contributed by atoms with Crippen molar-refractivity contribution < 1.29 is 14.6 Å². The van der Waals surface area contributed by atoms with E-state index in [0.717, 1.165) is 36.1 Å². The average Bonchev–Trinajstić information content (AvgIpc) is 2.91. The molecule has 0 unspecified atom stereocenters. The first-order chi connectivity index (χ1) is 11.0. The smallest absolute Gasteiger partial charge is 0.319 e. The number of urea groups is 1. The number of rotatable bonds is 6. The van der Waals surface area contributed by atoms with Crippen molar-refractivity contribution in [2.45, 2.75) is 58.8 Å². The summed E-state index contributed by atoms with van der Waals surface area (Å²) in [4.78, 5) is 12.1. The predicted molar refractivity (Wildman–Crippen MR) is 91.5 cm³/mol. The van der Waals surface area contributed by atoms with Gasteiger partial charge in [0.25, 0.3) is 0 Å². The summed E-state index contributed by atoms with van der Waals surface area (Å²) in [7, 11) is 0. The molecule has 5 heteroatoms. The van der Waals surface area contributed by atoms with Crippen LogP contribution >= 0.6 is 0 Å². The number of aliphatic hydroxyl groups is 1. The van der Waals surface area contributed by atoms with E-state index in [1.54, 1.807) is 0 Å². The SMILES string of the molecule is Cc1c(COC(C)C)cccc1NC(=O)NC[C@H]1CCC[C@@H]1O. The molecule has 23 heavy (non-hydrogen) atoms. The van der Waals surface area contributed by atoms with Gasteiger partial charge in [-0.1, -0.05) is 18.6 Å². The molecule has 2 amide bonds. The Morgan fingerprint density at radius 3 is 2.83 bits per heavy atom. The molecule has 2 atom stereocenters. The molecule has 0 heterocycles. The van der Waals surface area contributed by atoms with Crippen molar-refractivity contribution in [1.29, 1.82) is 0 Å². The maximum Gasteiger partial charge on any atom is 0.319 e. The zero-order valence-corrected chi connectivity index (χ0v) is 14.3. The molecule has 5 nitrogen and oxygen atoms in total. The summed E-state index contributed by atoms with van der Waals surface area (Å²) in [6.07, 6.45) is 2.74. The molecule has 0 aliphatic heterocycles. The van der Waals surface area contributed by atoms with Crippen molar-refractivity contribution >= 4 is 11.7 Å². The standard InChI is InChI=1S/C18H28N2O3/c1-12(2)23-11-15-7-4-8-16(13(15)3)20-18(22)19-10-14-6-5-9-17(14)21/h4,7-8,12,14,17,21H,5-6,9-11H2,1-3H3,(H2,19,20,22)/t14-,17+/m1/s1. The lowest BCUT2D eigenvalue weighted by molar-refractivity contribution is 0.0654. The Morgan fingerprint density at radius 1 is 1.39 bits per heavy atom. The summed E-state index contributed by atoms with van der Waals surface area (Å²) in [6, 6.07) is 5.59. The highest BCUT2D eigenvalue weighted by Crippen LogP contribution is 2.25. The van der Waals surface area contributed by atoms with Gasteiger partial charge in [-0.25, -0.2) is 4.79 Å². The summed E-state index contributed by atoms with van der Waals surface area (Å²) in [5.74, 6) is 0.174. The fourth-order valence-electron chi connectivity index (χ4n) is 2.88. The van der Waals surface area contributed by atoms with Crippen LogP contribution < -0.4 is 10.6 Å². The molecule has 0 saturated heterocycles. The van der Waals surface area contributed by atoms with Crippen molar-refractivity contribution in [3.8, 4) is 0 Å². The van der Waals surface area contributed by atoms with Gasteiger partial charge in [0.2, 0.25) is 0 Å². The van der Waals surface area contributed by atoms with Crippen molar-refractivity contribution in [2.75, 3.05) is 11.9 Å². The third kappa shape index (κ3) is 5.22. The molecule has 0 radical (unpaired) electrons. The van der Waals surface area contributed by atoms with Gasteiger partial charge in [0.1, 0.15) is 0 Å². The number of nitrogens with one attached hydrogen (secondary N) is 2. The summed E-state index contributed by atoms with van der Waals surface area (Å²) >= 11 is 0. The van der Waals surface area contributed by atoms with Gasteiger partial charge in [-0.05, 0) is 50.8 Å². The Hall–Kier alpha value is -1.59. The van der Waals surface area contributed by atoms with Crippen LogP contribution in [0.15, 0.2) is 18.2 Å². The zero-order chi connectivity index (χ0) is 16.8. The van der Waals surface area contributed by atoms with Gasteiger partial charge in [0, 0.05) is 18.2 Å². The van der Waals surface area contributed by atoms with Crippen LogP contribution in [0.5, 0.6) is 0 Å². The minimum absolute atomic E-state index is 0.173. The highest BCUT2D eigenvalue weighted by Gasteiger charge is 2.25. The molecule has 128 valence electrons. The van der Waals surface area contributed by atoms with E-state index in [9.17, 15) is 9.90 Å². The number of anilines is 1. The number of amides is 2. The van der Waals surface area contributed by atoms with Crippen LogP contribution in [0.1, 0.15) is 44.2 Å². The molecule has 0 aromatic heterocycles. The Balaban J connectivity index is 1.88. The second kappa shape index (κ2) is 8.31. The van der Waals surface area contributed by atoms with Crippen molar-refractivity contribution in [3.05, 3.63) is 29.3 Å². The number of hydrogen-bond acceptors (Lipinski definition) is 3. The molecular formula is C18H28N2O3. The second-order valence-corrected chi connectivity index (χ2v) is 6.54. The predicted octanol–water partition coefficient (Wildman–Crippen LogP) is 3.20. The first-order valence-corrected chi connectivity index (χ1v) is 8.40. The van der Waals surface area contributed by atoms with Gasteiger partial charge in [0.15, 0.2) is 0 Å². The van der Waals surface area contributed by atoms with Crippen molar-refractivity contribution in [3.63, 3.8) is 0 Å². The van der Waals surface area contributed by atoms with E-state index in [-0.39, 0.29) is 24.2 Å². The Labute approximate surface area is 138 Å². The van der Waals surface area contributed by atoms with Gasteiger partial charge >= 0.3 is 6.03 Å². The van der Waals surface area contributed by atoms with E-state index in [4.69, 9.17) is 4.74 Å². The van der Waals surface area contributed by atoms with E-state index < -0.39 is 0 Å². The van der Waals surface area contributed by atoms with Crippen LogP contribution in [-0.2, 0) is 11.3 Å². The first kappa shape index (κ1) is 17.8. The zero-order valence-electron chi connectivity index (χ0n) is 14.3. The number of aliphatic hydroxyl groups excluding tert-OH is 1. The Morgan fingerprint density at radius 2 is 2.17 bits per heavy atom. The maximum absolute atomic E-state index is 12.1. The number of carbonyl (C=O) groups excluding carboxylic acids is 1. The number of ether oxygens (including phenoxy) is 1. The van der Waals surface area contributed by atoms with E-state index in [2.05, 4.69) is 10.6 Å². The third-order valence-electron chi connectivity index (χ3n) is 4.41. The average molecular weight is 320 g/mol. The molecule has 0 spiro atoms. The quantitative estimate of drug-likeness (QED) is 0.754. The minimum Gasteiger partial charge on any atom is -0.393 e. The molecule has 1 aromatic carbocycles. The molecule has 1 aliphatic carbocycles. The summed E-state index contributed by atoms with van der Waals surface area (Å²) < 4.78 is 5.64. The highest BCUT2D eigenvalue weighted by atomic mass is 16.5. The summed E-state index contributed by atoms with van der Waals surface area (Å²) in [5.41, 5.74) is 2.88. The first-order valence-electron chi connectivity index (χ1n) is 8.40. The number of carbonyl (C=O) groups is 1. The van der Waals surface area contributed by atoms with Crippen LogP contribution in [0.25, 0.3) is 0 Å². The molecule has 0 bridgehead atoms. The van der Waals surface area contributed by atoms with E-state index in [1.165, 1.54) is 0 Å². The second-order valence-electron chi connectivity index (χ2n) is 6.54. The Bertz CT molecular complexity index is 531. The van der Waals surface area contributed by atoms with Crippen LogP contribution in [0.4, 0.5) is 10.5 Å². The summed E-state index contributed by atoms with van der Waals surface area (Å²) in [6.45, 7) is 7.04. The fraction of sp³-hybridized carbons (Fsp3) is 0.611. The van der Waals surface area contributed by atoms with Crippen molar-refractivity contribution in [2.24, 2.45) is 5.92 Å². The lowest BCUT2D eigenvalue weighted by Crippen LogP contribution is -2.35. The minimum atomic E-state index is -0.284. The fourth-order valence-corrected chi connectivity index (χ4v) is 2.88. The van der Waals surface area contributed by atoms with Gasteiger partial charge < -0.3 is 20.5 Å². The van der Waals surface area contributed by atoms with Crippen molar-refractivity contribution in [1.82, 2.24) is 5.32 Å². The van der Waals surface area contributed by atoms with E-state index in [0.29, 0.717) is 13.2 Å². The van der Waals surface area contributed by atoms with E-state index in [1.807, 2.05) is 39.0 Å². The molecule has 3 N–H and O–H groups in total.